The fraction of sp³-hybridized carbons (Fsp3) is 0.722. The first-order valence-corrected chi connectivity index (χ1v) is 8.55. The molecule has 20 heavy (non-hydrogen) atoms. The maximum absolute atomic E-state index is 4.68. The van der Waals surface area contributed by atoms with Crippen molar-refractivity contribution in [2.75, 3.05) is 6.54 Å². The van der Waals surface area contributed by atoms with Crippen molar-refractivity contribution in [2.45, 2.75) is 70.3 Å². The van der Waals surface area contributed by atoms with Crippen LogP contribution in [0.5, 0.6) is 0 Å². The molecule has 1 N–H and O–H groups in total. The van der Waals surface area contributed by atoms with Crippen LogP contribution < -0.4 is 5.32 Å². The highest BCUT2D eigenvalue weighted by atomic mass is 14.9. The van der Waals surface area contributed by atoms with Crippen LogP contribution in [-0.4, -0.2) is 17.6 Å². The molecule has 0 radical (unpaired) electrons. The average Bonchev–Trinajstić information content (AvgIpc) is 3.13. The summed E-state index contributed by atoms with van der Waals surface area (Å²) >= 11 is 0. The summed E-state index contributed by atoms with van der Waals surface area (Å²) in [5.74, 6) is 1.65. The molecule has 2 aliphatic rings. The Kier molecular flexibility index (Phi) is 4.72. The van der Waals surface area contributed by atoms with Crippen molar-refractivity contribution >= 4 is 0 Å². The lowest BCUT2D eigenvalue weighted by Gasteiger charge is -2.26. The van der Waals surface area contributed by atoms with Gasteiger partial charge in [-0.05, 0) is 49.8 Å². The van der Waals surface area contributed by atoms with Gasteiger partial charge in [-0.3, -0.25) is 4.98 Å². The van der Waals surface area contributed by atoms with E-state index < -0.39 is 0 Å². The standard InChI is InChI=1S/C18H28N2/c1-2-19-17(12-9-14-6-3-4-7-14)16-11-10-15-8-5-13-20-18(15)16/h5,8,13-14,16-17,19H,2-4,6-7,9-12H2,1H3. The zero-order valence-corrected chi connectivity index (χ0v) is 12.8. The van der Waals surface area contributed by atoms with Crippen LogP contribution in [0.3, 0.4) is 0 Å². The van der Waals surface area contributed by atoms with Gasteiger partial charge < -0.3 is 5.32 Å². The third-order valence-electron chi connectivity index (χ3n) is 5.31. The van der Waals surface area contributed by atoms with Crippen molar-refractivity contribution in [1.29, 1.82) is 0 Å². The molecule has 0 saturated heterocycles. The summed E-state index contributed by atoms with van der Waals surface area (Å²) < 4.78 is 0. The van der Waals surface area contributed by atoms with Crippen LogP contribution >= 0.6 is 0 Å². The molecule has 1 fully saturated rings. The fourth-order valence-corrected chi connectivity index (χ4v) is 4.26. The number of nitrogens with zero attached hydrogens (tertiary/aromatic N) is 1. The Morgan fingerprint density at radius 1 is 1.30 bits per heavy atom. The van der Waals surface area contributed by atoms with Gasteiger partial charge in [-0.15, -0.1) is 0 Å². The van der Waals surface area contributed by atoms with Crippen molar-refractivity contribution in [3.05, 3.63) is 29.6 Å². The first-order valence-electron chi connectivity index (χ1n) is 8.55. The average molecular weight is 272 g/mol. The maximum atomic E-state index is 4.68. The van der Waals surface area contributed by atoms with E-state index in [4.69, 9.17) is 0 Å². The van der Waals surface area contributed by atoms with Crippen molar-refractivity contribution in [3.63, 3.8) is 0 Å². The molecule has 2 aliphatic carbocycles. The number of nitrogens with one attached hydrogen (secondary N) is 1. The van der Waals surface area contributed by atoms with Gasteiger partial charge in [0.2, 0.25) is 0 Å². The van der Waals surface area contributed by atoms with E-state index in [0.717, 1.165) is 12.5 Å². The molecule has 110 valence electrons. The summed E-state index contributed by atoms with van der Waals surface area (Å²) in [6.07, 6.45) is 13.1. The molecule has 0 aliphatic heterocycles. The zero-order valence-electron chi connectivity index (χ0n) is 12.8. The second kappa shape index (κ2) is 6.71. The highest BCUT2D eigenvalue weighted by Crippen LogP contribution is 2.37. The Bertz CT molecular complexity index is 423. The van der Waals surface area contributed by atoms with E-state index >= 15 is 0 Å². The number of hydrogen-bond acceptors (Lipinski definition) is 2. The van der Waals surface area contributed by atoms with Gasteiger partial charge in [-0.2, -0.15) is 0 Å². The van der Waals surface area contributed by atoms with Crippen LogP contribution in [-0.2, 0) is 6.42 Å². The number of aromatic nitrogens is 1. The smallest absolute Gasteiger partial charge is 0.0482 e. The van der Waals surface area contributed by atoms with Crippen LogP contribution in [0.15, 0.2) is 18.3 Å². The summed E-state index contributed by atoms with van der Waals surface area (Å²) in [4.78, 5) is 4.68. The largest absolute Gasteiger partial charge is 0.314 e. The van der Waals surface area contributed by atoms with E-state index in [-0.39, 0.29) is 0 Å². The molecular weight excluding hydrogens is 244 g/mol. The van der Waals surface area contributed by atoms with Gasteiger partial charge >= 0.3 is 0 Å². The second-order valence-electron chi connectivity index (χ2n) is 6.58. The van der Waals surface area contributed by atoms with Crippen molar-refractivity contribution in [1.82, 2.24) is 10.3 Å². The summed E-state index contributed by atoms with van der Waals surface area (Å²) in [5, 5.41) is 3.75. The minimum atomic E-state index is 0.636. The zero-order chi connectivity index (χ0) is 13.8. The lowest BCUT2D eigenvalue weighted by Crippen LogP contribution is -2.34. The SMILES string of the molecule is CCNC(CCC1CCCC1)C1CCc2cccnc21. The van der Waals surface area contributed by atoms with Crippen LogP contribution in [0.1, 0.15) is 69.0 Å². The normalized spacial score (nSPS) is 23.9. The van der Waals surface area contributed by atoms with Gasteiger partial charge in [0.25, 0.3) is 0 Å². The van der Waals surface area contributed by atoms with E-state index in [1.807, 2.05) is 6.20 Å². The van der Waals surface area contributed by atoms with Crippen LogP contribution in [0.4, 0.5) is 0 Å². The second-order valence-corrected chi connectivity index (χ2v) is 6.58. The van der Waals surface area contributed by atoms with E-state index in [1.165, 1.54) is 62.6 Å². The first kappa shape index (κ1) is 14.1. The number of rotatable bonds is 6. The molecule has 0 amide bonds. The third-order valence-corrected chi connectivity index (χ3v) is 5.31. The Labute approximate surface area is 123 Å². The molecule has 1 saturated carbocycles. The van der Waals surface area contributed by atoms with Crippen molar-refractivity contribution in [3.8, 4) is 0 Å². The highest BCUT2D eigenvalue weighted by Gasteiger charge is 2.30. The topological polar surface area (TPSA) is 24.9 Å². The number of pyridine rings is 1. The number of fused-ring (bicyclic) bond motifs is 1. The summed E-state index contributed by atoms with van der Waals surface area (Å²) in [6, 6.07) is 4.99. The molecule has 1 heterocycles. The lowest BCUT2D eigenvalue weighted by molar-refractivity contribution is 0.362. The van der Waals surface area contributed by atoms with Crippen LogP contribution in [0, 0.1) is 5.92 Å². The summed E-state index contributed by atoms with van der Waals surface area (Å²) in [5.41, 5.74) is 2.87. The van der Waals surface area contributed by atoms with Gasteiger partial charge in [-0.1, -0.05) is 38.7 Å². The quantitative estimate of drug-likeness (QED) is 0.844. The Morgan fingerprint density at radius 2 is 2.15 bits per heavy atom. The summed E-state index contributed by atoms with van der Waals surface area (Å²) in [7, 11) is 0. The Balaban J connectivity index is 1.64. The lowest BCUT2D eigenvalue weighted by atomic mass is 9.89. The monoisotopic (exact) mass is 272 g/mol. The van der Waals surface area contributed by atoms with Gasteiger partial charge in [0.05, 0.1) is 0 Å². The van der Waals surface area contributed by atoms with Gasteiger partial charge in [0, 0.05) is 23.9 Å². The van der Waals surface area contributed by atoms with Crippen LogP contribution in [0.25, 0.3) is 0 Å². The Hall–Kier alpha value is -0.890. The number of likely N-dealkylation sites (N-methyl/N-ethyl adjacent to an activating group) is 1. The molecule has 2 heteroatoms. The fourth-order valence-electron chi connectivity index (χ4n) is 4.26. The van der Waals surface area contributed by atoms with Gasteiger partial charge in [0.1, 0.15) is 0 Å². The molecule has 2 unspecified atom stereocenters. The first-order chi connectivity index (χ1) is 9.88. The van der Waals surface area contributed by atoms with E-state index in [0.29, 0.717) is 12.0 Å². The molecule has 1 aromatic rings. The highest BCUT2D eigenvalue weighted by molar-refractivity contribution is 5.29. The summed E-state index contributed by atoms with van der Waals surface area (Å²) in [6.45, 7) is 3.31. The molecule has 0 bridgehead atoms. The van der Waals surface area contributed by atoms with Crippen LogP contribution in [0.2, 0.25) is 0 Å². The number of hydrogen-bond donors (Lipinski definition) is 1. The van der Waals surface area contributed by atoms with E-state index in [2.05, 4.69) is 29.4 Å². The van der Waals surface area contributed by atoms with Gasteiger partial charge in [-0.25, -0.2) is 0 Å². The molecule has 2 atom stereocenters. The molecule has 2 nitrogen and oxygen atoms in total. The molecule has 0 aromatic carbocycles. The molecule has 0 spiro atoms. The molecule has 3 rings (SSSR count). The number of aryl methyl sites for hydroxylation is 1. The molecular formula is C18H28N2. The minimum Gasteiger partial charge on any atom is -0.314 e. The maximum Gasteiger partial charge on any atom is 0.0482 e. The predicted octanol–water partition coefficient (Wildman–Crippen LogP) is 4.06. The van der Waals surface area contributed by atoms with Crippen molar-refractivity contribution in [2.24, 2.45) is 5.92 Å². The van der Waals surface area contributed by atoms with Gasteiger partial charge in [0.15, 0.2) is 0 Å². The Morgan fingerprint density at radius 3 is 2.95 bits per heavy atom. The van der Waals surface area contributed by atoms with E-state index in [9.17, 15) is 0 Å². The predicted molar refractivity (Wildman–Crippen MR) is 84.0 cm³/mol. The van der Waals surface area contributed by atoms with Crippen molar-refractivity contribution < 1.29 is 0 Å². The third kappa shape index (κ3) is 3.06. The van der Waals surface area contributed by atoms with E-state index in [1.54, 1.807) is 0 Å². The molecule has 1 aromatic heterocycles. The minimum absolute atomic E-state index is 0.636.